The van der Waals surface area contributed by atoms with Crippen LogP contribution in [0.25, 0.3) is 0 Å². The van der Waals surface area contributed by atoms with E-state index in [-0.39, 0.29) is 37.5 Å². The lowest BCUT2D eigenvalue weighted by Crippen LogP contribution is -2.48. The number of methoxy groups -OCH3 is 1. The third-order valence-corrected chi connectivity index (χ3v) is 5.18. The average molecular weight is 352 g/mol. The first-order valence-electron chi connectivity index (χ1n) is 8.73. The van der Waals surface area contributed by atoms with Crippen LogP contribution in [-0.2, 0) is 22.6 Å². The van der Waals surface area contributed by atoms with Crippen molar-refractivity contribution in [1.82, 2.24) is 14.5 Å². The highest BCUT2D eigenvalue weighted by molar-refractivity contribution is 5.76. The Morgan fingerprint density at radius 3 is 2.72 bits per heavy atom. The summed E-state index contributed by atoms with van der Waals surface area (Å²) in [5, 5.41) is 2.98. The first kappa shape index (κ1) is 19.2. The first-order chi connectivity index (χ1) is 11.8. The lowest BCUT2D eigenvalue weighted by Gasteiger charge is -2.34. The van der Waals surface area contributed by atoms with Crippen molar-refractivity contribution in [2.24, 2.45) is 11.8 Å². The van der Waals surface area contributed by atoms with Crippen molar-refractivity contribution in [2.75, 3.05) is 19.5 Å². The molecule has 140 valence electrons. The number of hydrogen-bond donors (Lipinski definition) is 2. The van der Waals surface area contributed by atoms with E-state index in [1.807, 2.05) is 0 Å². The van der Waals surface area contributed by atoms with E-state index >= 15 is 0 Å². The van der Waals surface area contributed by atoms with Gasteiger partial charge in [0.1, 0.15) is 12.4 Å². The van der Waals surface area contributed by atoms with Crippen LogP contribution in [0.2, 0.25) is 0 Å². The molecule has 0 saturated heterocycles. The molecule has 0 aromatic carbocycles. The molecule has 0 radical (unpaired) electrons. The summed E-state index contributed by atoms with van der Waals surface area (Å²) >= 11 is 0. The van der Waals surface area contributed by atoms with Crippen LogP contribution in [0.4, 0.5) is 5.82 Å². The number of nitrogens with two attached hydrogens (primary N) is 1. The van der Waals surface area contributed by atoms with Crippen LogP contribution in [0.3, 0.4) is 0 Å². The molecule has 0 aliphatic heterocycles. The van der Waals surface area contributed by atoms with Gasteiger partial charge in [0, 0.05) is 19.2 Å². The molecule has 3 N–H and O–H groups in total. The van der Waals surface area contributed by atoms with Gasteiger partial charge in [0.15, 0.2) is 0 Å². The van der Waals surface area contributed by atoms with Crippen molar-refractivity contribution >= 4 is 11.7 Å². The molecule has 1 heterocycles. The van der Waals surface area contributed by atoms with Crippen LogP contribution in [-0.4, -0.2) is 34.8 Å². The van der Waals surface area contributed by atoms with E-state index in [0.29, 0.717) is 11.8 Å². The maximum atomic E-state index is 12.5. The number of hydrogen-bond acceptors (Lipinski definition) is 5. The molecule has 1 aromatic heterocycles. The quantitative estimate of drug-likeness (QED) is 0.759. The Balaban J connectivity index is 2.15. The van der Waals surface area contributed by atoms with Gasteiger partial charge in [0.05, 0.1) is 13.2 Å². The Labute approximate surface area is 147 Å². The molecule has 8 heteroatoms. The maximum Gasteiger partial charge on any atom is 0.333 e. The minimum Gasteiger partial charge on any atom is -0.385 e. The molecule has 2 rings (SSSR count). The minimum absolute atomic E-state index is 0.0680. The zero-order chi connectivity index (χ0) is 18.6. The number of rotatable bonds is 6. The molecule has 1 amide bonds. The standard InChI is InChI=1S/C17H28N4O4/c1-11-5-4-6-13(12(11)2)19-15(22)10-21-16(23)9-14(18)20(17(21)24)7-8-25-3/h9,11-13H,4-8,10,18H2,1-3H3,(H,19,22)/t11-,12+,13-/m1/s1. The Kier molecular flexibility index (Phi) is 6.41. The number of anilines is 1. The second-order valence-corrected chi connectivity index (χ2v) is 6.86. The fourth-order valence-corrected chi connectivity index (χ4v) is 3.37. The van der Waals surface area contributed by atoms with E-state index in [2.05, 4.69) is 19.2 Å². The molecular weight excluding hydrogens is 324 g/mol. The molecule has 1 aliphatic rings. The normalized spacial score (nSPS) is 23.4. The number of carbonyl (C=O) groups excluding carboxylic acids is 1. The van der Waals surface area contributed by atoms with Crippen molar-refractivity contribution in [3.63, 3.8) is 0 Å². The van der Waals surface area contributed by atoms with E-state index in [1.165, 1.54) is 11.7 Å². The van der Waals surface area contributed by atoms with Crippen molar-refractivity contribution in [3.05, 3.63) is 26.9 Å². The van der Waals surface area contributed by atoms with Gasteiger partial charge in [-0.25, -0.2) is 4.79 Å². The topological polar surface area (TPSA) is 108 Å². The van der Waals surface area contributed by atoms with Crippen molar-refractivity contribution in [1.29, 1.82) is 0 Å². The van der Waals surface area contributed by atoms with Gasteiger partial charge in [-0.1, -0.05) is 26.7 Å². The van der Waals surface area contributed by atoms with Crippen LogP contribution in [0.1, 0.15) is 33.1 Å². The van der Waals surface area contributed by atoms with E-state index in [1.54, 1.807) is 0 Å². The lowest BCUT2D eigenvalue weighted by molar-refractivity contribution is -0.123. The molecule has 1 saturated carbocycles. The molecular formula is C17H28N4O4. The predicted molar refractivity (Wildman–Crippen MR) is 95.4 cm³/mol. The summed E-state index contributed by atoms with van der Waals surface area (Å²) in [5.41, 5.74) is 4.57. The molecule has 8 nitrogen and oxygen atoms in total. The summed E-state index contributed by atoms with van der Waals surface area (Å²) in [6, 6.07) is 1.24. The summed E-state index contributed by atoms with van der Waals surface area (Å²) in [5.74, 6) is 0.662. The lowest BCUT2D eigenvalue weighted by atomic mass is 9.78. The maximum absolute atomic E-state index is 12.5. The molecule has 1 aliphatic carbocycles. The molecule has 0 unspecified atom stereocenters. The van der Waals surface area contributed by atoms with Crippen molar-refractivity contribution < 1.29 is 9.53 Å². The molecule has 3 atom stereocenters. The fraction of sp³-hybridized carbons (Fsp3) is 0.706. The summed E-state index contributed by atoms with van der Waals surface area (Å²) in [4.78, 5) is 36.9. The van der Waals surface area contributed by atoms with Crippen LogP contribution in [0, 0.1) is 11.8 Å². The Morgan fingerprint density at radius 2 is 2.04 bits per heavy atom. The van der Waals surface area contributed by atoms with Crippen molar-refractivity contribution in [2.45, 2.75) is 52.2 Å². The zero-order valence-electron chi connectivity index (χ0n) is 15.2. The zero-order valence-corrected chi connectivity index (χ0v) is 15.2. The van der Waals surface area contributed by atoms with Gasteiger partial charge < -0.3 is 15.8 Å². The highest BCUT2D eigenvalue weighted by atomic mass is 16.5. The van der Waals surface area contributed by atoms with E-state index in [4.69, 9.17) is 10.5 Å². The third kappa shape index (κ3) is 4.50. The highest BCUT2D eigenvalue weighted by Gasteiger charge is 2.28. The molecule has 1 aromatic rings. The average Bonchev–Trinajstić information content (AvgIpc) is 2.55. The first-order valence-corrected chi connectivity index (χ1v) is 8.73. The van der Waals surface area contributed by atoms with Gasteiger partial charge in [-0.3, -0.25) is 18.7 Å². The SMILES string of the molecule is COCCn1c(N)cc(=O)n(CC(=O)N[C@@H]2CCC[C@@H](C)[C@@H]2C)c1=O. The molecule has 0 bridgehead atoms. The van der Waals surface area contributed by atoms with Gasteiger partial charge in [0.25, 0.3) is 5.56 Å². The highest BCUT2D eigenvalue weighted by Crippen LogP contribution is 2.29. The fourth-order valence-electron chi connectivity index (χ4n) is 3.37. The van der Waals surface area contributed by atoms with Crippen LogP contribution < -0.4 is 22.3 Å². The summed E-state index contributed by atoms with van der Waals surface area (Å²) in [6.45, 7) is 4.51. The number of nitrogen functional groups attached to an aromatic ring is 1. The minimum atomic E-state index is -0.595. The van der Waals surface area contributed by atoms with Crippen LogP contribution in [0.15, 0.2) is 15.7 Å². The predicted octanol–water partition coefficient (Wildman–Crippen LogP) is 0.180. The number of aromatic nitrogens is 2. The largest absolute Gasteiger partial charge is 0.385 e. The second-order valence-electron chi connectivity index (χ2n) is 6.86. The van der Waals surface area contributed by atoms with Crippen LogP contribution in [0.5, 0.6) is 0 Å². The third-order valence-electron chi connectivity index (χ3n) is 5.18. The van der Waals surface area contributed by atoms with Gasteiger partial charge in [0.2, 0.25) is 5.91 Å². The monoisotopic (exact) mass is 352 g/mol. The summed E-state index contributed by atoms with van der Waals surface area (Å²) < 4.78 is 7.10. The Bertz CT molecular complexity index is 724. The summed E-state index contributed by atoms with van der Waals surface area (Å²) in [6.07, 6.45) is 3.16. The van der Waals surface area contributed by atoms with E-state index < -0.39 is 11.2 Å². The van der Waals surface area contributed by atoms with Gasteiger partial charge in [-0.15, -0.1) is 0 Å². The number of nitrogens with zero attached hydrogens (tertiary/aromatic N) is 2. The van der Waals surface area contributed by atoms with Gasteiger partial charge >= 0.3 is 5.69 Å². The molecule has 25 heavy (non-hydrogen) atoms. The van der Waals surface area contributed by atoms with Crippen molar-refractivity contribution in [3.8, 4) is 0 Å². The second kappa shape index (κ2) is 8.33. The van der Waals surface area contributed by atoms with Crippen LogP contribution >= 0.6 is 0 Å². The summed E-state index contributed by atoms with van der Waals surface area (Å²) in [7, 11) is 1.51. The Hall–Kier alpha value is -2.09. The number of ether oxygens (including phenoxy) is 1. The van der Waals surface area contributed by atoms with Gasteiger partial charge in [-0.05, 0) is 18.3 Å². The number of amides is 1. The molecule has 1 fully saturated rings. The number of nitrogens with one attached hydrogen (secondary N) is 1. The van der Waals surface area contributed by atoms with E-state index in [0.717, 1.165) is 29.9 Å². The smallest absolute Gasteiger partial charge is 0.333 e. The molecule has 0 spiro atoms. The van der Waals surface area contributed by atoms with E-state index in [9.17, 15) is 14.4 Å². The van der Waals surface area contributed by atoms with Gasteiger partial charge in [-0.2, -0.15) is 0 Å². The Morgan fingerprint density at radius 1 is 1.32 bits per heavy atom. The number of carbonyl (C=O) groups is 1.